The molecule has 0 aliphatic heterocycles. The van der Waals surface area contributed by atoms with Crippen LogP contribution in [0.25, 0.3) is 10.4 Å². The van der Waals surface area contributed by atoms with Gasteiger partial charge in [0.25, 0.3) is 0 Å². The van der Waals surface area contributed by atoms with E-state index in [1.807, 2.05) is 0 Å². The van der Waals surface area contributed by atoms with Gasteiger partial charge < -0.3 is 10.1 Å². The molecule has 0 heterocycles. The lowest BCUT2D eigenvalue weighted by atomic mass is 10.2. The van der Waals surface area contributed by atoms with Crippen molar-refractivity contribution in [2.75, 3.05) is 19.7 Å². The second kappa shape index (κ2) is 5.58. The Morgan fingerprint density at radius 2 is 2.40 bits per heavy atom. The summed E-state index contributed by atoms with van der Waals surface area (Å²) in [5.74, 6) is -0.159. The van der Waals surface area contributed by atoms with Crippen molar-refractivity contribution >= 4 is 5.97 Å². The van der Waals surface area contributed by atoms with Gasteiger partial charge >= 0.3 is 5.97 Å². The molecule has 6 nitrogen and oxygen atoms in total. The molecule has 15 heavy (non-hydrogen) atoms. The predicted octanol–water partition coefficient (Wildman–Crippen LogP) is 1.37. The van der Waals surface area contributed by atoms with Crippen LogP contribution in [0.5, 0.6) is 0 Å². The van der Waals surface area contributed by atoms with E-state index < -0.39 is 5.54 Å². The number of hydrogen-bond donors (Lipinski definition) is 1. The minimum atomic E-state index is -0.438. The molecule has 0 aromatic heterocycles. The predicted molar refractivity (Wildman–Crippen MR) is 55.2 cm³/mol. The molecule has 1 N–H and O–H groups in total. The molecule has 0 aromatic rings. The number of rotatable bonds is 7. The summed E-state index contributed by atoms with van der Waals surface area (Å²) < 4.78 is 4.96. The van der Waals surface area contributed by atoms with Crippen molar-refractivity contribution in [2.24, 2.45) is 5.11 Å². The van der Waals surface area contributed by atoms with E-state index in [-0.39, 0.29) is 5.97 Å². The molecule has 1 aliphatic carbocycles. The van der Waals surface area contributed by atoms with Crippen molar-refractivity contribution in [1.82, 2.24) is 5.32 Å². The lowest BCUT2D eigenvalue weighted by Gasteiger charge is -2.14. The molecule has 0 atom stereocenters. The Morgan fingerprint density at radius 1 is 1.67 bits per heavy atom. The molecular formula is C9H16N4O2. The molecule has 0 unspecified atom stereocenters. The van der Waals surface area contributed by atoms with Crippen molar-refractivity contribution in [3.63, 3.8) is 0 Å². The van der Waals surface area contributed by atoms with E-state index in [0.29, 0.717) is 19.7 Å². The van der Waals surface area contributed by atoms with Crippen LogP contribution in [0, 0.1) is 0 Å². The lowest BCUT2D eigenvalue weighted by Crippen LogP contribution is -2.41. The largest absolute Gasteiger partial charge is 0.465 e. The van der Waals surface area contributed by atoms with Crippen LogP contribution in [0.1, 0.15) is 26.2 Å². The Hall–Kier alpha value is -1.26. The van der Waals surface area contributed by atoms with Crippen LogP contribution in [0.3, 0.4) is 0 Å². The third kappa shape index (κ3) is 3.42. The number of carbonyl (C=O) groups is 1. The van der Waals surface area contributed by atoms with Gasteiger partial charge in [0.15, 0.2) is 0 Å². The van der Waals surface area contributed by atoms with Crippen molar-refractivity contribution in [3.8, 4) is 0 Å². The fourth-order valence-electron chi connectivity index (χ4n) is 1.37. The summed E-state index contributed by atoms with van der Waals surface area (Å²) in [6.07, 6.45) is 2.42. The first kappa shape index (κ1) is 11.8. The molecule has 84 valence electrons. The van der Waals surface area contributed by atoms with Gasteiger partial charge in [-0.25, -0.2) is 0 Å². The van der Waals surface area contributed by atoms with Gasteiger partial charge in [-0.2, -0.15) is 0 Å². The van der Waals surface area contributed by atoms with Gasteiger partial charge in [0.05, 0.1) is 6.61 Å². The molecule has 0 amide bonds. The Morgan fingerprint density at radius 3 is 2.93 bits per heavy atom. The molecular weight excluding hydrogens is 196 g/mol. The Bertz CT molecular complexity index is 269. The maximum absolute atomic E-state index is 11.5. The minimum absolute atomic E-state index is 0.159. The zero-order valence-corrected chi connectivity index (χ0v) is 8.90. The van der Waals surface area contributed by atoms with Gasteiger partial charge in [0, 0.05) is 11.5 Å². The van der Waals surface area contributed by atoms with Crippen LogP contribution >= 0.6 is 0 Å². The third-order valence-corrected chi connectivity index (χ3v) is 2.38. The van der Waals surface area contributed by atoms with E-state index in [4.69, 9.17) is 10.3 Å². The minimum Gasteiger partial charge on any atom is -0.465 e. The highest BCUT2D eigenvalue weighted by Crippen LogP contribution is 2.36. The average molecular weight is 212 g/mol. The van der Waals surface area contributed by atoms with Gasteiger partial charge in [-0.05, 0) is 38.3 Å². The molecule has 0 bridgehead atoms. The van der Waals surface area contributed by atoms with Crippen LogP contribution in [0.2, 0.25) is 0 Å². The number of carbonyl (C=O) groups excluding carboxylic acids is 1. The fraction of sp³-hybridized carbons (Fsp3) is 0.889. The number of nitrogens with one attached hydrogen (secondary N) is 1. The van der Waals surface area contributed by atoms with Crippen LogP contribution in [-0.2, 0) is 9.53 Å². The van der Waals surface area contributed by atoms with Crippen LogP contribution in [0.4, 0.5) is 0 Å². The second-order valence-corrected chi connectivity index (χ2v) is 3.54. The Labute approximate surface area is 88.6 Å². The first-order valence-corrected chi connectivity index (χ1v) is 5.18. The Balaban J connectivity index is 2.19. The van der Waals surface area contributed by atoms with E-state index in [1.54, 1.807) is 6.92 Å². The standard InChI is InChI=1S/C9H16N4O2/c1-2-15-8(14)9(4-5-9)11-6-3-7-12-13-10/h11H,2-7H2,1H3. The third-order valence-electron chi connectivity index (χ3n) is 2.38. The van der Waals surface area contributed by atoms with Crippen molar-refractivity contribution in [2.45, 2.75) is 31.7 Å². The van der Waals surface area contributed by atoms with Crippen molar-refractivity contribution in [3.05, 3.63) is 10.4 Å². The molecule has 0 aromatic carbocycles. The molecule has 0 saturated heterocycles. The highest BCUT2D eigenvalue weighted by atomic mass is 16.5. The van der Waals surface area contributed by atoms with E-state index in [9.17, 15) is 4.79 Å². The van der Waals surface area contributed by atoms with E-state index >= 15 is 0 Å². The van der Waals surface area contributed by atoms with Gasteiger partial charge in [0.1, 0.15) is 5.54 Å². The SMILES string of the molecule is CCOC(=O)C1(NCCCN=[N+]=[N-])CC1. The monoisotopic (exact) mass is 212 g/mol. The molecule has 1 rings (SSSR count). The second-order valence-electron chi connectivity index (χ2n) is 3.54. The Kier molecular flexibility index (Phi) is 4.39. The summed E-state index contributed by atoms with van der Waals surface area (Å²) in [4.78, 5) is 14.1. The number of nitrogens with zero attached hydrogens (tertiary/aromatic N) is 3. The van der Waals surface area contributed by atoms with E-state index in [1.165, 1.54) is 0 Å². The van der Waals surface area contributed by atoms with E-state index in [2.05, 4.69) is 15.3 Å². The zero-order chi connectivity index (χ0) is 11.1. The summed E-state index contributed by atoms with van der Waals surface area (Å²) in [5, 5.41) is 6.57. The summed E-state index contributed by atoms with van der Waals surface area (Å²) in [5.41, 5.74) is 7.62. The van der Waals surface area contributed by atoms with Gasteiger partial charge in [-0.3, -0.25) is 4.79 Å². The number of esters is 1. The molecule has 1 saturated carbocycles. The first-order valence-electron chi connectivity index (χ1n) is 5.18. The summed E-state index contributed by atoms with van der Waals surface area (Å²) in [7, 11) is 0. The van der Waals surface area contributed by atoms with E-state index in [0.717, 1.165) is 19.3 Å². The smallest absolute Gasteiger partial charge is 0.326 e. The first-order chi connectivity index (χ1) is 7.25. The molecule has 0 radical (unpaired) electrons. The summed E-state index contributed by atoms with van der Waals surface area (Å²) in [6, 6.07) is 0. The summed E-state index contributed by atoms with van der Waals surface area (Å²) >= 11 is 0. The quantitative estimate of drug-likeness (QED) is 0.227. The van der Waals surface area contributed by atoms with Gasteiger partial charge in [-0.1, -0.05) is 5.11 Å². The normalized spacial score (nSPS) is 16.6. The van der Waals surface area contributed by atoms with Crippen LogP contribution in [-0.4, -0.2) is 31.2 Å². The van der Waals surface area contributed by atoms with Crippen molar-refractivity contribution < 1.29 is 9.53 Å². The summed E-state index contributed by atoms with van der Waals surface area (Å²) in [6.45, 7) is 3.36. The maximum atomic E-state index is 11.5. The molecule has 1 fully saturated rings. The highest BCUT2D eigenvalue weighted by Gasteiger charge is 2.50. The average Bonchev–Trinajstić information content (AvgIpc) is 2.99. The molecule has 0 spiro atoms. The van der Waals surface area contributed by atoms with Gasteiger partial charge in [0.2, 0.25) is 0 Å². The van der Waals surface area contributed by atoms with Crippen molar-refractivity contribution in [1.29, 1.82) is 0 Å². The molecule has 6 heteroatoms. The number of azide groups is 1. The topological polar surface area (TPSA) is 87.1 Å². The number of ether oxygens (including phenoxy) is 1. The fourth-order valence-corrected chi connectivity index (χ4v) is 1.37. The molecule has 1 aliphatic rings. The highest BCUT2D eigenvalue weighted by molar-refractivity contribution is 5.84. The zero-order valence-electron chi connectivity index (χ0n) is 8.90. The van der Waals surface area contributed by atoms with Gasteiger partial charge in [-0.15, -0.1) is 0 Å². The van der Waals surface area contributed by atoms with Crippen LogP contribution < -0.4 is 5.32 Å². The number of hydrogen-bond acceptors (Lipinski definition) is 4. The maximum Gasteiger partial charge on any atom is 0.326 e. The lowest BCUT2D eigenvalue weighted by molar-refractivity contribution is -0.146. The van der Waals surface area contributed by atoms with Crippen LogP contribution in [0.15, 0.2) is 5.11 Å².